The maximum absolute atomic E-state index is 12.9. The molecule has 2 saturated heterocycles. The van der Waals surface area contributed by atoms with Gasteiger partial charge in [-0.3, -0.25) is 4.79 Å². The first kappa shape index (κ1) is 18.3. The first-order chi connectivity index (χ1) is 11.9. The molecule has 2 fully saturated rings. The molecule has 2 aliphatic rings. The molecule has 0 saturated carbocycles. The van der Waals surface area contributed by atoms with Gasteiger partial charge in [0.1, 0.15) is 5.82 Å². The van der Waals surface area contributed by atoms with Gasteiger partial charge in [-0.05, 0) is 62.0 Å². The Kier molecular flexibility index (Phi) is 5.41. The minimum atomic E-state index is -3.53. The molecule has 1 aromatic carbocycles. The summed E-state index contributed by atoms with van der Waals surface area (Å²) in [5.74, 6) is -0.831. The highest BCUT2D eigenvalue weighted by atomic mass is 32.2. The molecule has 0 bridgehead atoms. The van der Waals surface area contributed by atoms with Crippen molar-refractivity contribution >= 4 is 15.7 Å². The molecule has 0 aliphatic carbocycles. The highest BCUT2D eigenvalue weighted by Gasteiger charge is 2.42. The molecule has 138 valence electrons. The molecule has 6 nitrogen and oxygen atoms in total. The van der Waals surface area contributed by atoms with Gasteiger partial charge in [0.05, 0.1) is 16.7 Å². The van der Waals surface area contributed by atoms with Gasteiger partial charge in [-0.15, -0.1) is 0 Å². The van der Waals surface area contributed by atoms with Gasteiger partial charge in [-0.2, -0.15) is 0 Å². The normalized spacial score (nSPS) is 22.8. The van der Waals surface area contributed by atoms with Crippen LogP contribution in [0.1, 0.15) is 19.3 Å². The molecule has 1 amide bonds. The zero-order chi connectivity index (χ0) is 17.9. The summed E-state index contributed by atoms with van der Waals surface area (Å²) in [6.07, 6.45) is 2.91. The van der Waals surface area contributed by atoms with Crippen molar-refractivity contribution in [2.75, 3.05) is 31.9 Å². The third kappa shape index (κ3) is 4.37. The topological polar surface area (TPSA) is 87.3 Å². The van der Waals surface area contributed by atoms with E-state index in [9.17, 15) is 17.6 Å². The van der Waals surface area contributed by atoms with Crippen molar-refractivity contribution in [2.45, 2.75) is 30.2 Å². The summed E-state index contributed by atoms with van der Waals surface area (Å²) < 4.78 is 37.3. The van der Waals surface area contributed by atoms with Gasteiger partial charge in [0, 0.05) is 13.1 Å². The van der Waals surface area contributed by atoms with Gasteiger partial charge in [-0.1, -0.05) is 0 Å². The van der Waals surface area contributed by atoms with Crippen LogP contribution in [0, 0.1) is 11.2 Å². The first-order valence-electron chi connectivity index (χ1n) is 8.60. The predicted molar refractivity (Wildman–Crippen MR) is 92.4 cm³/mol. The quantitative estimate of drug-likeness (QED) is 0.656. The SMILES string of the molecule is O=C(NCCS(=O)(=O)c1ccc(F)cc1)[C@H]1CC2(CCNCC2)CN1. The summed E-state index contributed by atoms with van der Waals surface area (Å²) in [5, 5.41) is 9.32. The van der Waals surface area contributed by atoms with Crippen LogP contribution in [0.15, 0.2) is 29.2 Å². The zero-order valence-electron chi connectivity index (χ0n) is 14.1. The molecule has 1 atom stereocenters. The van der Waals surface area contributed by atoms with Crippen LogP contribution in [0.2, 0.25) is 0 Å². The number of piperidine rings is 1. The number of rotatable bonds is 5. The van der Waals surface area contributed by atoms with E-state index < -0.39 is 15.7 Å². The van der Waals surface area contributed by atoms with Gasteiger partial charge < -0.3 is 16.0 Å². The van der Waals surface area contributed by atoms with Crippen molar-refractivity contribution in [3.63, 3.8) is 0 Å². The Morgan fingerprint density at radius 2 is 1.92 bits per heavy atom. The highest BCUT2D eigenvalue weighted by molar-refractivity contribution is 7.91. The number of carbonyl (C=O) groups is 1. The van der Waals surface area contributed by atoms with Gasteiger partial charge in [0.25, 0.3) is 0 Å². The van der Waals surface area contributed by atoms with Crippen molar-refractivity contribution in [2.24, 2.45) is 5.41 Å². The van der Waals surface area contributed by atoms with E-state index in [4.69, 9.17) is 0 Å². The van der Waals surface area contributed by atoms with Crippen LogP contribution in [0.3, 0.4) is 0 Å². The second-order valence-corrected chi connectivity index (χ2v) is 9.06. The number of halogens is 1. The largest absolute Gasteiger partial charge is 0.354 e. The summed E-state index contributed by atoms with van der Waals surface area (Å²) in [6, 6.07) is 4.46. The van der Waals surface area contributed by atoms with Crippen LogP contribution in [-0.4, -0.2) is 52.3 Å². The molecule has 3 N–H and O–H groups in total. The number of sulfone groups is 1. The minimum absolute atomic E-state index is 0.0469. The molecular weight excluding hydrogens is 345 g/mol. The number of carbonyl (C=O) groups excluding carboxylic acids is 1. The van der Waals surface area contributed by atoms with Crippen molar-refractivity contribution < 1.29 is 17.6 Å². The van der Waals surface area contributed by atoms with Crippen LogP contribution < -0.4 is 16.0 Å². The fraction of sp³-hybridized carbons (Fsp3) is 0.588. The number of benzene rings is 1. The Balaban J connectivity index is 1.49. The number of amides is 1. The van der Waals surface area contributed by atoms with Crippen molar-refractivity contribution in [3.8, 4) is 0 Å². The van der Waals surface area contributed by atoms with Crippen molar-refractivity contribution in [1.82, 2.24) is 16.0 Å². The lowest BCUT2D eigenvalue weighted by molar-refractivity contribution is -0.122. The molecule has 0 aromatic heterocycles. The first-order valence-corrected chi connectivity index (χ1v) is 10.3. The lowest BCUT2D eigenvalue weighted by Crippen LogP contribution is -2.42. The summed E-state index contributed by atoms with van der Waals surface area (Å²) in [6.45, 7) is 2.84. The summed E-state index contributed by atoms with van der Waals surface area (Å²) in [4.78, 5) is 12.4. The van der Waals surface area contributed by atoms with E-state index in [1.54, 1.807) is 0 Å². The molecule has 2 heterocycles. The molecule has 25 heavy (non-hydrogen) atoms. The number of nitrogens with one attached hydrogen (secondary N) is 3. The lowest BCUT2D eigenvalue weighted by atomic mass is 9.77. The maximum Gasteiger partial charge on any atom is 0.237 e. The Bertz CT molecular complexity index is 715. The Labute approximate surface area is 147 Å². The van der Waals surface area contributed by atoms with E-state index >= 15 is 0 Å². The van der Waals surface area contributed by atoms with Crippen molar-refractivity contribution in [1.29, 1.82) is 0 Å². The van der Waals surface area contributed by atoms with Crippen LogP contribution in [0.4, 0.5) is 4.39 Å². The smallest absolute Gasteiger partial charge is 0.237 e. The van der Waals surface area contributed by atoms with E-state index in [0.29, 0.717) is 0 Å². The third-order valence-corrected chi connectivity index (χ3v) is 6.92. The average Bonchev–Trinajstić information content (AvgIpc) is 2.99. The van der Waals surface area contributed by atoms with Crippen molar-refractivity contribution in [3.05, 3.63) is 30.1 Å². The molecule has 0 radical (unpaired) electrons. The molecule has 1 aromatic rings. The molecule has 2 aliphatic heterocycles. The second kappa shape index (κ2) is 7.39. The lowest BCUT2D eigenvalue weighted by Gasteiger charge is -2.33. The standard InChI is InChI=1S/C17H24FN3O3S/c18-13-1-3-14(4-2-13)25(23,24)10-9-20-16(22)15-11-17(12-21-15)5-7-19-8-6-17/h1-4,15,19,21H,5-12H2,(H,20,22)/t15-/m1/s1. The van der Waals surface area contributed by atoms with Crippen LogP contribution in [0.5, 0.6) is 0 Å². The van der Waals surface area contributed by atoms with E-state index in [1.807, 2.05) is 0 Å². The minimum Gasteiger partial charge on any atom is -0.354 e. The fourth-order valence-corrected chi connectivity index (χ4v) is 4.79. The van der Waals surface area contributed by atoms with E-state index in [-0.39, 0.29) is 34.6 Å². The summed E-state index contributed by atoms with van der Waals surface area (Å²) in [7, 11) is -3.53. The Morgan fingerprint density at radius 1 is 1.24 bits per heavy atom. The van der Waals surface area contributed by atoms with Gasteiger partial charge in [0.2, 0.25) is 5.91 Å². The van der Waals surface area contributed by atoms with Gasteiger partial charge in [0.15, 0.2) is 9.84 Å². The number of hydrogen-bond donors (Lipinski definition) is 3. The summed E-state index contributed by atoms with van der Waals surface area (Å²) >= 11 is 0. The van der Waals surface area contributed by atoms with Crippen LogP contribution in [-0.2, 0) is 14.6 Å². The zero-order valence-corrected chi connectivity index (χ0v) is 14.9. The third-order valence-electron chi connectivity index (χ3n) is 5.18. The molecule has 3 rings (SSSR count). The Morgan fingerprint density at radius 3 is 2.60 bits per heavy atom. The molecule has 8 heteroatoms. The highest BCUT2D eigenvalue weighted by Crippen LogP contribution is 2.37. The monoisotopic (exact) mass is 369 g/mol. The fourth-order valence-electron chi connectivity index (χ4n) is 3.63. The van der Waals surface area contributed by atoms with Gasteiger partial charge in [-0.25, -0.2) is 12.8 Å². The van der Waals surface area contributed by atoms with Gasteiger partial charge >= 0.3 is 0 Å². The van der Waals surface area contributed by atoms with E-state index in [1.165, 1.54) is 12.1 Å². The van der Waals surface area contributed by atoms with Crippen LogP contribution >= 0.6 is 0 Å². The maximum atomic E-state index is 12.9. The molecule has 0 unspecified atom stereocenters. The van der Waals surface area contributed by atoms with E-state index in [2.05, 4.69) is 16.0 Å². The van der Waals surface area contributed by atoms with Crippen LogP contribution in [0.25, 0.3) is 0 Å². The number of hydrogen-bond acceptors (Lipinski definition) is 5. The average molecular weight is 369 g/mol. The molecule has 1 spiro atoms. The second-order valence-electron chi connectivity index (χ2n) is 6.95. The Hall–Kier alpha value is -1.51. The van der Waals surface area contributed by atoms with E-state index in [0.717, 1.165) is 51.0 Å². The molecular formula is C17H24FN3O3S. The predicted octanol–water partition coefficient (Wildman–Crippen LogP) is 0.447. The summed E-state index contributed by atoms with van der Waals surface area (Å²) in [5.41, 5.74) is 0.188.